The van der Waals surface area contributed by atoms with Crippen molar-refractivity contribution in [2.45, 2.75) is 18.9 Å². The number of carbonyl (C=O) groups is 1. The van der Waals surface area contributed by atoms with E-state index >= 15 is 0 Å². The quantitative estimate of drug-likeness (QED) is 0.776. The van der Waals surface area contributed by atoms with Gasteiger partial charge in [0.05, 0.1) is 20.3 Å². The fourth-order valence-corrected chi connectivity index (χ4v) is 2.46. The van der Waals surface area contributed by atoms with Crippen molar-refractivity contribution >= 4 is 5.91 Å². The average Bonchev–Trinajstić information content (AvgIpc) is 2.62. The normalized spacial score (nSPS) is 11.6. The second-order valence-electron chi connectivity index (χ2n) is 5.53. The molecule has 5 heteroatoms. The van der Waals surface area contributed by atoms with E-state index in [1.165, 1.54) is 0 Å². The van der Waals surface area contributed by atoms with Gasteiger partial charge in [0, 0.05) is 6.54 Å². The van der Waals surface area contributed by atoms with Crippen molar-refractivity contribution < 1.29 is 14.3 Å². The van der Waals surface area contributed by atoms with E-state index < -0.39 is 6.04 Å². The SMILES string of the molecule is COc1ccc(CCNC(=O)[C@H](N)Cc2ccccc2)cc1OC. The lowest BCUT2D eigenvalue weighted by Gasteiger charge is -2.13. The summed E-state index contributed by atoms with van der Waals surface area (Å²) in [5, 5.41) is 2.88. The van der Waals surface area contributed by atoms with Gasteiger partial charge in [0.2, 0.25) is 5.91 Å². The van der Waals surface area contributed by atoms with Crippen LogP contribution in [0.3, 0.4) is 0 Å². The summed E-state index contributed by atoms with van der Waals surface area (Å²) in [5.41, 5.74) is 8.08. The molecule has 1 amide bonds. The Balaban J connectivity index is 1.82. The largest absolute Gasteiger partial charge is 0.493 e. The van der Waals surface area contributed by atoms with Crippen molar-refractivity contribution in [3.8, 4) is 11.5 Å². The number of ether oxygens (including phenoxy) is 2. The summed E-state index contributed by atoms with van der Waals surface area (Å²) in [6, 6.07) is 14.9. The predicted octanol–water partition coefficient (Wildman–Crippen LogP) is 1.93. The van der Waals surface area contributed by atoms with E-state index in [9.17, 15) is 4.79 Å². The molecule has 0 aliphatic carbocycles. The van der Waals surface area contributed by atoms with Gasteiger partial charge in [-0.15, -0.1) is 0 Å². The van der Waals surface area contributed by atoms with Crippen LogP contribution >= 0.6 is 0 Å². The molecule has 0 bridgehead atoms. The van der Waals surface area contributed by atoms with Gasteiger partial charge in [-0.25, -0.2) is 0 Å². The number of amides is 1. The summed E-state index contributed by atoms with van der Waals surface area (Å²) < 4.78 is 10.5. The van der Waals surface area contributed by atoms with Gasteiger partial charge < -0.3 is 20.5 Å². The van der Waals surface area contributed by atoms with Crippen molar-refractivity contribution in [3.05, 3.63) is 59.7 Å². The molecule has 0 unspecified atom stereocenters. The van der Waals surface area contributed by atoms with Crippen LogP contribution in [0.2, 0.25) is 0 Å². The molecular formula is C19H24N2O3. The topological polar surface area (TPSA) is 73.6 Å². The van der Waals surface area contributed by atoms with Crippen LogP contribution in [-0.2, 0) is 17.6 Å². The zero-order chi connectivity index (χ0) is 17.4. The molecule has 24 heavy (non-hydrogen) atoms. The molecule has 2 rings (SSSR count). The fraction of sp³-hybridized carbons (Fsp3) is 0.316. The summed E-state index contributed by atoms with van der Waals surface area (Å²) in [6.45, 7) is 0.525. The molecule has 3 N–H and O–H groups in total. The minimum Gasteiger partial charge on any atom is -0.493 e. The molecule has 0 radical (unpaired) electrons. The lowest BCUT2D eigenvalue weighted by Crippen LogP contribution is -2.42. The molecule has 2 aromatic rings. The summed E-state index contributed by atoms with van der Waals surface area (Å²) in [4.78, 5) is 12.1. The maximum atomic E-state index is 12.1. The van der Waals surface area contributed by atoms with Crippen molar-refractivity contribution in [1.82, 2.24) is 5.32 Å². The van der Waals surface area contributed by atoms with Crippen molar-refractivity contribution in [3.63, 3.8) is 0 Å². The number of benzene rings is 2. The van der Waals surface area contributed by atoms with E-state index in [0.29, 0.717) is 30.9 Å². The Kier molecular flexibility index (Phi) is 6.63. The first-order chi connectivity index (χ1) is 11.6. The smallest absolute Gasteiger partial charge is 0.237 e. The van der Waals surface area contributed by atoms with Crippen LogP contribution in [0.5, 0.6) is 11.5 Å². The van der Waals surface area contributed by atoms with Crippen LogP contribution < -0.4 is 20.5 Å². The number of carbonyl (C=O) groups excluding carboxylic acids is 1. The van der Waals surface area contributed by atoms with Crippen molar-refractivity contribution in [2.24, 2.45) is 5.73 Å². The second-order valence-corrected chi connectivity index (χ2v) is 5.53. The Morgan fingerprint density at radius 3 is 2.42 bits per heavy atom. The van der Waals surface area contributed by atoms with Gasteiger partial charge in [-0.3, -0.25) is 4.79 Å². The first-order valence-corrected chi connectivity index (χ1v) is 7.92. The lowest BCUT2D eigenvalue weighted by atomic mass is 10.1. The van der Waals surface area contributed by atoms with E-state index in [-0.39, 0.29) is 5.91 Å². The maximum absolute atomic E-state index is 12.1. The lowest BCUT2D eigenvalue weighted by molar-refractivity contribution is -0.122. The van der Waals surface area contributed by atoms with Gasteiger partial charge in [-0.05, 0) is 36.1 Å². The summed E-state index contributed by atoms with van der Waals surface area (Å²) in [7, 11) is 3.21. The van der Waals surface area contributed by atoms with Crippen LogP contribution in [0.15, 0.2) is 48.5 Å². The minimum absolute atomic E-state index is 0.140. The predicted molar refractivity (Wildman–Crippen MR) is 94.4 cm³/mol. The Hall–Kier alpha value is -2.53. The molecule has 1 atom stereocenters. The molecule has 0 saturated carbocycles. The Bertz CT molecular complexity index is 659. The second kappa shape index (κ2) is 8.93. The number of nitrogens with two attached hydrogens (primary N) is 1. The van der Waals surface area contributed by atoms with Gasteiger partial charge in [-0.2, -0.15) is 0 Å². The molecule has 0 fully saturated rings. The third kappa shape index (κ3) is 4.99. The Labute approximate surface area is 142 Å². The standard InChI is InChI=1S/C19H24N2O3/c1-23-17-9-8-15(13-18(17)24-2)10-11-21-19(22)16(20)12-14-6-4-3-5-7-14/h3-9,13,16H,10-12,20H2,1-2H3,(H,21,22)/t16-/m1/s1. The number of methoxy groups -OCH3 is 2. The van der Waals surface area contributed by atoms with E-state index in [0.717, 1.165) is 11.1 Å². The van der Waals surface area contributed by atoms with Gasteiger partial charge in [0.1, 0.15) is 0 Å². The highest BCUT2D eigenvalue weighted by Gasteiger charge is 2.13. The molecule has 128 valence electrons. The van der Waals surface area contributed by atoms with Gasteiger partial charge in [-0.1, -0.05) is 36.4 Å². The zero-order valence-electron chi connectivity index (χ0n) is 14.1. The minimum atomic E-state index is -0.544. The van der Waals surface area contributed by atoms with Crippen LogP contribution in [0.1, 0.15) is 11.1 Å². The van der Waals surface area contributed by atoms with Crippen molar-refractivity contribution in [1.29, 1.82) is 0 Å². The third-order valence-electron chi connectivity index (χ3n) is 3.80. The van der Waals surface area contributed by atoms with Crippen LogP contribution in [-0.4, -0.2) is 32.7 Å². The Morgan fingerprint density at radius 2 is 1.75 bits per heavy atom. The highest BCUT2D eigenvalue weighted by molar-refractivity contribution is 5.81. The molecule has 0 heterocycles. The van der Waals surface area contributed by atoms with Crippen LogP contribution in [0.25, 0.3) is 0 Å². The zero-order valence-corrected chi connectivity index (χ0v) is 14.1. The van der Waals surface area contributed by atoms with Gasteiger partial charge >= 0.3 is 0 Å². The summed E-state index contributed by atoms with van der Waals surface area (Å²) >= 11 is 0. The molecule has 2 aromatic carbocycles. The fourth-order valence-electron chi connectivity index (χ4n) is 2.46. The Morgan fingerprint density at radius 1 is 1.04 bits per heavy atom. The molecule has 0 aliphatic heterocycles. The van der Waals surface area contributed by atoms with Gasteiger partial charge in [0.25, 0.3) is 0 Å². The molecule has 0 aliphatic rings. The molecule has 0 aromatic heterocycles. The average molecular weight is 328 g/mol. The molecule has 0 saturated heterocycles. The van der Waals surface area contributed by atoms with E-state index in [1.54, 1.807) is 14.2 Å². The van der Waals surface area contributed by atoms with E-state index in [2.05, 4.69) is 5.32 Å². The summed E-state index contributed by atoms with van der Waals surface area (Å²) in [6.07, 6.45) is 1.23. The van der Waals surface area contributed by atoms with Crippen LogP contribution in [0.4, 0.5) is 0 Å². The number of hydrogen-bond acceptors (Lipinski definition) is 4. The highest BCUT2D eigenvalue weighted by Crippen LogP contribution is 2.27. The summed E-state index contributed by atoms with van der Waals surface area (Å²) in [5.74, 6) is 1.23. The van der Waals surface area contributed by atoms with E-state index in [1.807, 2.05) is 48.5 Å². The van der Waals surface area contributed by atoms with Crippen molar-refractivity contribution in [2.75, 3.05) is 20.8 Å². The first-order valence-electron chi connectivity index (χ1n) is 7.92. The monoisotopic (exact) mass is 328 g/mol. The van der Waals surface area contributed by atoms with E-state index in [4.69, 9.17) is 15.2 Å². The molecular weight excluding hydrogens is 304 g/mol. The number of rotatable bonds is 8. The van der Waals surface area contributed by atoms with Crippen LogP contribution in [0, 0.1) is 0 Å². The molecule has 5 nitrogen and oxygen atoms in total. The highest BCUT2D eigenvalue weighted by atomic mass is 16.5. The molecule has 0 spiro atoms. The van der Waals surface area contributed by atoms with Gasteiger partial charge in [0.15, 0.2) is 11.5 Å². The first kappa shape index (κ1) is 17.8. The third-order valence-corrected chi connectivity index (χ3v) is 3.80. The number of hydrogen-bond donors (Lipinski definition) is 2. The number of nitrogens with one attached hydrogen (secondary N) is 1. The maximum Gasteiger partial charge on any atom is 0.237 e.